The Labute approximate surface area is 199 Å². The summed E-state index contributed by atoms with van der Waals surface area (Å²) in [5.41, 5.74) is 2.14. The van der Waals surface area contributed by atoms with Crippen LogP contribution in [-0.4, -0.2) is 35.1 Å². The summed E-state index contributed by atoms with van der Waals surface area (Å²) in [5.74, 6) is -0.164. The molecule has 0 bridgehead atoms. The summed E-state index contributed by atoms with van der Waals surface area (Å²) in [6, 6.07) is 14.0. The molecule has 0 aliphatic carbocycles. The second-order valence-corrected chi connectivity index (χ2v) is 8.67. The van der Waals surface area contributed by atoms with Crippen LogP contribution in [0.1, 0.15) is 22.2 Å². The van der Waals surface area contributed by atoms with Gasteiger partial charge >= 0.3 is 5.97 Å². The van der Waals surface area contributed by atoms with Crippen molar-refractivity contribution in [1.29, 1.82) is 0 Å². The third-order valence-corrected chi connectivity index (χ3v) is 6.20. The fourth-order valence-electron chi connectivity index (χ4n) is 3.68. The van der Waals surface area contributed by atoms with E-state index in [1.54, 1.807) is 18.2 Å². The molecule has 9 heteroatoms. The molecule has 0 atom stereocenters. The quantitative estimate of drug-likeness (QED) is 0.400. The van der Waals surface area contributed by atoms with E-state index in [1.807, 2.05) is 38.1 Å². The number of carbonyl (C=O) groups is 2. The van der Waals surface area contributed by atoms with E-state index in [1.165, 1.54) is 35.4 Å². The number of nitrogens with zero attached hydrogens (tertiary/aromatic N) is 2. The minimum atomic E-state index is -0.503. The van der Waals surface area contributed by atoms with Crippen molar-refractivity contribution in [3.63, 3.8) is 0 Å². The smallest absolute Gasteiger partial charge is 0.337 e. The topological polar surface area (TPSA) is 99.5 Å². The number of anilines is 1. The first-order valence-electron chi connectivity index (χ1n) is 10.6. The number of esters is 1. The van der Waals surface area contributed by atoms with Gasteiger partial charge in [0.05, 0.1) is 31.0 Å². The second-order valence-electron chi connectivity index (χ2n) is 7.47. The Hall–Kier alpha value is -3.98. The van der Waals surface area contributed by atoms with E-state index in [2.05, 4.69) is 10.3 Å². The van der Waals surface area contributed by atoms with Crippen molar-refractivity contribution in [1.82, 2.24) is 9.55 Å². The van der Waals surface area contributed by atoms with Gasteiger partial charge in [0, 0.05) is 16.1 Å². The highest BCUT2D eigenvalue weighted by molar-refractivity contribution is 7.19. The largest absolute Gasteiger partial charge is 0.494 e. The zero-order valence-electron chi connectivity index (χ0n) is 19.0. The Kier molecular flexibility index (Phi) is 6.74. The zero-order valence-corrected chi connectivity index (χ0v) is 19.8. The average molecular weight is 478 g/mol. The number of benzene rings is 2. The molecule has 0 saturated heterocycles. The number of rotatable bonds is 7. The van der Waals surface area contributed by atoms with Crippen LogP contribution in [0.15, 0.2) is 59.7 Å². The Balaban J connectivity index is 1.62. The molecule has 2 aromatic heterocycles. The van der Waals surface area contributed by atoms with Gasteiger partial charge < -0.3 is 14.8 Å². The lowest BCUT2D eigenvalue weighted by molar-refractivity contribution is -0.116. The van der Waals surface area contributed by atoms with E-state index in [0.717, 1.165) is 21.8 Å². The fraction of sp³-hybridized carbons (Fsp3) is 0.200. The van der Waals surface area contributed by atoms with Crippen LogP contribution < -0.4 is 15.6 Å². The number of aromatic nitrogens is 2. The van der Waals surface area contributed by atoms with Crippen LogP contribution in [0, 0.1) is 6.92 Å². The fourth-order valence-corrected chi connectivity index (χ4v) is 4.68. The van der Waals surface area contributed by atoms with Gasteiger partial charge in [-0.15, -0.1) is 11.3 Å². The zero-order chi connectivity index (χ0) is 24.2. The number of nitrogens with one attached hydrogen (secondary N) is 1. The maximum Gasteiger partial charge on any atom is 0.337 e. The number of thiophene rings is 1. The van der Waals surface area contributed by atoms with Crippen LogP contribution in [0.3, 0.4) is 0 Å². The van der Waals surface area contributed by atoms with Gasteiger partial charge in [-0.05, 0) is 49.7 Å². The maximum atomic E-state index is 13.3. The number of amides is 1. The van der Waals surface area contributed by atoms with Crippen molar-refractivity contribution in [2.75, 3.05) is 19.0 Å². The van der Waals surface area contributed by atoms with Crippen LogP contribution in [0.2, 0.25) is 0 Å². The first-order valence-corrected chi connectivity index (χ1v) is 11.4. The van der Waals surface area contributed by atoms with Crippen molar-refractivity contribution in [2.24, 2.45) is 0 Å². The number of carbonyl (C=O) groups excluding carboxylic acids is 2. The van der Waals surface area contributed by atoms with Gasteiger partial charge in [-0.2, -0.15) is 0 Å². The standard InChI is InChI=1S/C25H23N3O5S/c1-4-33-19-10-8-16(9-11-19)21-15(2)34-23-22(21)24(30)28(14-26-23)13-20(29)27-18-7-5-6-17(12-18)25(31)32-3/h5-12,14H,4,13H2,1-3H3,(H,27,29). The Morgan fingerprint density at radius 2 is 1.91 bits per heavy atom. The van der Waals surface area contributed by atoms with Gasteiger partial charge in [-0.1, -0.05) is 18.2 Å². The molecular formula is C25H23N3O5S. The molecule has 0 saturated carbocycles. The molecule has 0 spiro atoms. The van der Waals surface area contributed by atoms with Gasteiger partial charge in [-0.3, -0.25) is 14.2 Å². The van der Waals surface area contributed by atoms with Crippen LogP contribution in [0.25, 0.3) is 21.3 Å². The van der Waals surface area contributed by atoms with E-state index >= 15 is 0 Å². The van der Waals surface area contributed by atoms with Crippen molar-refractivity contribution in [3.05, 3.63) is 75.7 Å². The van der Waals surface area contributed by atoms with Crippen LogP contribution in [0.4, 0.5) is 5.69 Å². The lowest BCUT2D eigenvalue weighted by Crippen LogP contribution is -2.27. The molecule has 2 heterocycles. The van der Waals surface area contributed by atoms with Crippen LogP contribution in [0.5, 0.6) is 5.75 Å². The molecule has 1 amide bonds. The highest BCUT2D eigenvalue weighted by atomic mass is 32.1. The van der Waals surface area contributed by atoms with Gasteiger partial charge in [0.1, 0.15) is 17.1 Å². The summed E-state index contributed by atoms with van der Waals surface area (Å²) in [4.78, 5) is 43.7. The van der Waals surface area contributed by atoms with E-state index < -0.39 is 11.9 Å². The number of fused-ring (bicyclic) bond motifs is 1. The summed E-state index contributed by atoms with van der Waals surface area (Å²) in [7, 11) is 1.29. The number of ether oxygens (including phenoxy) is 2. The number of methoxy groups -OCH3 is 1. The lowest BCUT2D eigenvalue weighted by Gasteiger charge is -2.09. The molecule has 4 aromatic rings. The summed E-state index contributed by atoms with van der Waals surface area (Å²) in [6.45, 7) is 4.22. The van der Waals surface area contributed by atoms with Crippen molar-refractivity contribution < 1.29 is 19.1 Å². The molecule has 4 rings (SSSR count). The van der Waals surface area contributed by atoms with Crippen LogP contribution >= 0.6 is 11.3 Å². The number of hydrogen-bond acceptors (Lipinski definition) is 7. The van der Waals surface area contributed by atoms with Crippen molar-refractivity contribution >= 4 is 39.1 Å². The van der Waals surface area contributed by atoms with Crippen LogP contribution in [-0.2, 0) is 16.1 Å². The molecule has 0 fully saturated rings. The Morgan fingerprint density at radius 1 is 1.15 bits per heavy atom. The predicted octanol–water partition coefficient (Wildman–Crippen LogP) is 4.26. The van der Waals surface area contributed by atoms with E-state index in [4.69, 9.17) is 9.47 Å². The molecule has 0 aliphatic rings. The summed E-state index contributed by atoms with van der Waals surface area (Å²) < 4.78 is 11.5. The van der Waals surface area contributed by atoms with Gasteiger partial charge in [0.15, 0.2) is 0 Å². The minimum Gasteiger partial charge on any atom is -0.494 e. The predicted molar refractivity (Wildman–Crippen MR) is 132 cm³/mol. The first kappa shape index (κ1) is 23.2. The normalized spacial score (nSPS) is 10.8. The lowest BCUT2D eigenvalue weighted by atomic mass is 10.0. The SMILES string of the molecule is CCOc1ccc(-c2c(C)sc3ncn(CC(=O)Nc4cccc(C(=O)OC)c4)c(=O)c23)cc1. The molecule has 174 valence electrons. The Morgan fingerprint density at radius 3 is 2.62 bits per heavy atom. The molecule has 34 heavy (non-hydrogen) atoms. The molecule has 8 nitrogen and oxygen atoms in total. The summed E-state index contributed by atoms with van der Waals surface area (Å²) in [5, 5.41) is 3.19. The van der Waals surface area contributed by atoms with Crippen molar-refractivity contribution in [3.8, 4) is 16.9 Å². The number of aryl methyl sites for hydroxylation is 1. The highest BCUT2D eigenvalue weighted by Gasteiger charge is 2.18. The maximum absolute atomic E-state index is 13.3. The molecule has 0 aliphatic heterocycles. The monoisotopic (exact) mass is 477 g/mol. The molecule has 2 aromatic carbocycles. The van der Waals surface area contributed by atoms with Gasteiger partial charge in [-0.25, -0.2) is 9.78 Å². The van der Waals surface area contributed by atoms with Crippen molar-refractivity contribution in [2.45, 2.75) is 20.4 Å². The molecule has 1 N–H and O–H groups in total. The first-order chi connectivity index (χ1) is 16.4. The van der Waals surface area contributed by atoms with Gasteiger partial charge in [0.25, 0.3) is 5.56 Å². The highest BCUT2D eigenvalue weighted by Crippen LogP contribution is 2.36. The third kappa shape index (κ3) is 4.69. The summed E-state index contributed by atoms with van der Waals surface area (Å²) in [6.07, 6.45) is 1.38. The minimum absolute atomic E-state index is 0.220. The Bertz CT molecular complexity index is 1420. The van der Waals surface area contributed by atoms with E-state index in [0.29, 0.717) is 28.1 Å². The van der Waals surface area contributed by atoms with Gasteiger partial charge in [0.2, 0.25) is 5.91 Å². The third-order valence-electron chi connectivity index (χ3n) is 5.19. The van der Waals surface area contributed by atoms with E-state index in [9.17, 15) is 14.4 Å². The van der Waals surface area contributed by atoms with E-state index in [-0.39, 0.29) is 12.1 Å². The average Bonchev–Trinajstić information content (AvgIpc) is 3.18. The second kappa shape index (κ2) is 9.88. The molecule has 0 radical (unpaired) electrons. The molecular weight excluding hydrogens is 454 g/mol. The number of hydrogen-bond donors (Lipinski definition) is 1. The molecule has 0 unspecified atom stereocenters. The summed E-state index contributed by atoms with van der Waals surface area (Å²) >= 11 is 1.44.